The van der Waals surface area contributed by atoms with E-state index in [1.165, 1.54) is 5.56 Å². The van der Waals surface area contributed by atoms with Gasteiger partial charge < -0.3 is 11.1 Å². The molecular formula is C16H18F2N2. The van der Waals surface area contributed by atoms with E-state index in [1.54, 1.807) is 0 Å². The number of rotatable bonds is 5. The van der Waals surface area contributed by atoms with Crippen molar-refractivity contribution in [3.63, 3.8) is 0 Å². The van der Waals surface area contributed by atoms with Crippen molar-refractivity contribution in [2.24, 2.45) is 0 Å². The highest BCUT2D eigenvalue weighted by Gasteiger charge is 2.10. The van der Waals surface area contributed by atoms with Crippen molar-refractivity contribution in [2.45, 2.75) is 26.2 Å². The van der Waals surface area contributed by atoms with Gasteiger partial charge in [0, 0.05) is 11.4 Å². The van der Waals surface area contributed by atoms with Gasteiger partial charge in [-0.3, -0.25) is 0 Å². The lowest BCUT2D eigenvalue weighted by atomic mass is 10.1. The molecule has 0 aliphatic rings. The molecule has 0 saturated heterocycles. The summed E-state index contributed by atoms with van der Waals surface area (Å²) in [6, 6.07) is 9.76. The average Bonchev–Trinajstić information content (AvgIpc) is 2.42. The third-order valence-corrected chi connectivity index (χ3v) is 3.11. The maximum Gasteiger partial charge on any atom is 0.151 e. The number of nitrogen functional groups attached to an aromatic ring is 1. The van der Waals surface area contributed by atoms with Crippen LogP contribution in [0.1, 0.15) is 25.3 Å². The maximum atomic E-state index is 13.7. The Hall–Kier alpha value is -2.10. The van der Waals surface area contributed by atoms with Gasteiger partial charge in [-0.05, 0) is 42.7 Å². The van der Waals surface area contributed by atoms with E-state index in [2.05, 4.69) is 12.2 Å². The van der Waals surface area contributed by atoms with Gasteiger partial charge in [0.25, 0.3) is 0 Å². The van der Waals surface area contributed by atoms with Crippen LogP contribution in [0, 0.1) is 11.6 Å². The Balaban J connectivity index is 2.14. The topological polar surface area (TPSA) is 38.0 Å². The number of nitrogens with two attached hydrogens (primary N) is 1. The summed E-state index contributed by atoms with van der Waals surface area (Å²) in [5.74, 6) is -1.39. The maximum absolute atomic E-state index is 13.7. The van der Waals surface area contributed by atoms with Gasteiger partial charge in [0.2, 0.25) is 0 Å². The van der Waals surface area contributed by atoms with Crippen LogP contribution in [0.5, 0.6) is 0 Å². The molecule has 0 radical (unpaired) electrons. The highest BCUT2D eigenvalue weighted by molar-refractivity contribution is 5.63. The number of anilines is 3. The van der Waals surface area contributed by atoms with Crippen LogP contribution in [-0.4, -0.2) is 0 Å². The van der Waals surface area contributed by atoms with E-state index in [4.69, 9.17) is 5.73 Å². The molecule has 2 rings (SSSR count). The van der Waals surface area contributed by atoms with Crippen molar-refractivity contribution < 1.29 is 8.78 Å². The van der Waals surface area contributed by atoms with Crippen molar-refractivity contribution in [1.82, 2.24) is 0 Å². The zero-order valence-corrected chi connectivity index (χ0v) is 11.4. The van der Waals surface area contributed by atoms with Gasteiger partial charge in [0.05, 0.1) is 0 Å². The van der Waals surface area contributed by atoms with Crippen molar-refractivity contribution >= 4 is 17.1 Å². The van der Waals surface area contributed by atoms with E-state index in [9.17, 15) is 8.78 Å². The number of halogens is 2. The minimum atomic E-state index is -0.697. The molecule has 106 valence electrons. The fourth-order valence-corrected chi connectivity index (χ4v) is 1.99. The van der Waals surface area contributed by atoms with E-state index in [1.807, 2.05) is 24.3 Å². The molecule has 2 nitrogen and oxygen atoms in total. The Morgan fingerprint density at radius 2 is 1.65 bits per heavy atom. The molecule has 0 saturated carbocycles. The molecule has 0 amide bonds. The van der Waals surface area contributed by atoms with Gasteiger partial charge in [-0.15, -0.1) is 0 Å². The normalized spacial score (nSPS) is 10.6. The Kier molecular flexibility index (Phi) is 4.56. The smallest absolute Gasteiger partial charge is 0.151 e. The molecule has 0 spiro atoms. The van der Waals surface area contributed by atoms with Crippen molar-refractivity contribution in [1.29, 1.82) is 0 Å². The van der Waals surface area contributed by atoms with Gasteiger partial charge in [-0.25, -0.2) is 8.78 Å². The second-order valence-corrected chi connectivity index (χ2v) is 4.79. The lowest BCUT2D eigenvalue weighted by Crippen LogP contribution is -1.99. The van der Waals surface area contributed by atoms with Crippen LogP contribution in [0.3, 0.4) is 0 Å². The van der Waals surface area contributed by atoms with Gasteiger partial charge in [-0.2, -0.15) is 0 Å². The third-order valence-electron chi connectivity index (χ3n) is 3.11. The second kappa shape index (κ2) is 6.37. The van der Waals surface area contributed by atoms with Gasteiger partial charge in [-0.1, -0.05) is 25.5 Å². The summed E-state index contributed by atoms with van der Waals surface area (Å²) in [5, 5.41) is 2.75. The molecule has 0 heterocycles. The van der Waals surface area contributed by atoms with Crippen LogP contribution in [0.25, 0.3) is 0 Å². The lowest BCUT2D eigenvalue weighted by molar-refractivity contribution is 0.592. The Bertz CT molecular complexity index is 557. The molecule has 0 atom stereocenters. The molecule has 3 N–H and O–H groups in total. The van der Waals surface area contributed by atoms with Crippen LogP contribution in [0.4, 0.5) is 25.8 Å². The van der Waals surface area contributed by atoms with Crippen LogP contribution in [0.2, 0.25) is 0 Å². The molecule has 2 aromatic carbocycles. The number of aryl methyl sites for hydroxylation is 1. The summed E-state index contributed by atoms with van der Waals surface area (Å²) in [6.45, 7) is 2.14. The number of unbranched alkanes of at least 4 members (excludes halogenated alkanes) is 1. The zero-order chi connectivity index (χ0) is 14.5. The molecule has 0 aliphatic carbocycles. The van der Waals surface area contributed by atoms with E-state index in [0.717, 1.165) is 31.4 Å². The summed E-state index contributed by atoms with van der Waals surface area (Å²) >= 11 is 0. The summed E-state index contributed by atoms with van der Waals surface area (Å²) in [7, 11) is 0. The predicted octanol–water partition coefficient (Wildman–Crippen LogP) is 4.63. The summed E-state index contributed by atoms with van der Waals surface area (Å²) in [6.07, 6.45) is 3.29. The molecule has 0 unspecified atom stereocenters. The zero-order valence-electron chi connectivity index (χ0n) is 11.4. The highest BCUT2D eigenvalue weighted by Crippen LogP contribution is 2.25. The quantitative estimate of drug-likeness (QED) is 0.781. The van der Waals surface area contributed by atoms with E-state index >= 15 is 0 Å². The molecule has 0 bridgehead atoms. The first-order valence-electron chi connectivity index (χ1n) is 6.70. The number of hydrogen-bond donors (Lipinski definition) is 2. The molecule has 2 aromatic rings. The van der Waals surface area contributed by atoms with Gasteiger partial charge in [0.1, 0.15) is 5.69 Å². The average molecular weight is 276 g/mol. The standard InChI is InChI=1S/C16H18F2N2/c1-2-3-4-11-5-7-13(8-6-11)20-16-14(17)9-12(19)10-15(16)18/h5-10,20H,2-4,19H2,1H3. The monoisotopic (exact) mass is 276 g/mol. The fourth-order valence-electron chi connectivity index (χ4n) is 1.99. The molecule has 0 fully saturated rings. The highest BCUT2D eigenvalue weighted by atomic mass is 19.1. The summed E-state index contributed by atoms with van der Waals surface area (Å²) in [5.41, 5.74) is 7.13. The number of benzene rings is 2. The molecule has 0 aromatic heterocycles. The van der Waals surface area contributed by atoms with E-state index < -0.39 is 11.6 Å². The second-order valence-electron chi connectivity index (χ2n) is 4.79. The first-order valence-corrected chi connectivity index (χ1v) is 6.70. The SMILES string of the molecule is CCCCc1ccc(Nc2c(F)cc(N)cc2F)cc1. The molecule has 0 aliphatic heterocycles. The van der Waals surface area contributed by atoms with Crippen molar-refractivity contribution in [3.05, 3.63) is 53.6 Å². The molecular weight excluding hydrogens is 258 g/mol. The first kappa shape index (κ1) is 14.3. The van der Waals surface area contributed by atoms with Crippen molar-refractivity contribution in [3.8, 4) is 0 Å². The summed E-state index contributed by atoms with van der Waals surface area (Å²) < 4.78 is 27.3. The van der Waals surface area contributed by atoms with Crippen LogP contribution in [-0.2, 0) is 6.42 Å². The fraction of sp³-hybridized carbons (Fsp3) is 0.250. The van der Waals surface area contributed by atoms with Crippen LogP contribution in [0.15, 0.2) is 36.4 Å². The summed E-state index contributed by atoms with van der Waals surface area (Å²) in [4.78, 5) is 0. The Labute approximate surface area is 117 Å². The molecule has 4 heteroatoms. The minimum absolute atomic E-state index is 0.0699. The van der Waals surface area contributed by atoms with Gasteiger partial charge >= 0.3 is 0 Å². The Morgan fingerprint density at radius 1 is 1.05 bits per heavy atom. The third kappa shape index (κ3) is 3.47. The number of hydrogen-bond acceptors (Lipinski definition) is 2. The number of nitrogens with one attached hydrogen (secondary N) is 1. The Morgan fingerprint density at radius 3 is 2.20 bits per heavy atom. The van der Waals surface area contributed by atoms with E-state index in [0.29, 0.717) is 5.69 Å². The van der Waals surface area contributed by atoms with Crippen LogP contribution < -0.4 is 11.1 Å². The minimum Gasteiger partial charge on any atom is -0.399 e. The van der Waals surface area contributed by atoms with Gasteiger partial charge in [0.15, 0.2) is 11.6 Å². The van der Waals surface area contributed by atoms with E-state index in [-0.39, 0.29) is 11.4 Å². The first-order chi connectivity index (χ1) is 9.60. The largest absolute Gasteiger partial charge is 0.399 e. The predicted molar refractivity (Wildman–Crippen MR) is 79.1 cm³/mol. The van der Waals surface area contributed by atoms with Crippen LogP contribution >= 0.6 is 0 Å². The molecule has 20 heavy (non-hydrogen) atoms. The lowest BCUT2D eigenvalue weighted by Gasteiger charge is -2.10. The van der Waals surface area contributed by atoms with Crippen molar-refractivity contribution in [2.75, 3.05) is 11.1 Å².